The van der Waals surface area contributed by atoms with Crippen molar-refractivity contribution in [1.82, 2.24) is 14.9 Å². The minimum Gasteiger partial charge on any atom is -0.359 e. The number of alkyl halides is 1. The minimum atomic E-state index is -0.578. The molecular formula is C15H19Cl2N3O. The molecule has 0 saturated carbocycles. The second-order valence-electron chi connectivity index (χ2n) is 5.77. The van der Waals surface area contributed by atoms with E-state index < -0.39 is 5.41 Å². The molecule has 0 aliphatic rings. The summed E-state index contributed by atoms with van der Waals surface area (Å²) in [6, 6.07) is 5.52. The van der Waals surface area contributed by atoms with Gasteiger partial charge < -0.3 is 9.88 Å². The van der Waals surface area contributed by atoms with Gasteiger partial charge in [0.1, 0.15) is 5.82 Å². The maximum atomic E-state index is 12.0. The Morgan fingerprint density at radius 1 is 1.48 bits per heavy atom. The number of halogens is 2. The zero-order chi connectivity index (χ0) is 15.8. The molecular weight excluding hydrogens is 309 g/mol. The lowest BCUT2D eigenvalue weighted by Crippen LogP contribution is -2.38. The molecule has 2 aromatic rings. The molecule has 1 atom stereocenters. The first kappa shape index (κ1) is 16.1. The van der Waals surface area contributed by atoms with Crippen LogP contribution in [-0.2, 0) is 11.3 Å². The second-order valence-corrected chi connectivity index (χ2v) is 6.86. The Hall–Kier alpha value is -1.26. The van der Waals surface area contributed by atoms with Crippen LogP contribution in [0.4, 0.5) is 0 Å². The van der Waals surface area contributed by atoms with Crippen LogP contribution in [0.2, 0.25) is 5.02 Å². The molecule has 1 amide bonds. The van der Waals surface area contributed by atoms with Crippen LogP contribution in [0.25, 0.3) is 11.0 Å². The van der Waals surface area contributed by atoms with Crippen molar-refractivity contribution in [2.24, 2.45) is 5.41 Å². The molecule has 1 aromatic heterocycles. The van der Waals surface area contributed by atoms with Crippen LogP contribution < -0.4 is 5.32 Å². The molecule has 1 heterocycles. The standard InChI is InChI=1S/C15H19Cl2N3O/c1-9(16)13-19-11-6-5-10(17)7-12(11)20(13)8-15(2,3)14(21)18-4/h5-7,9H,8H2,1-4H3,(H,18,21). The van der Waals surface area contributed by atoms with Gasteiger partial charge in [-0.15, -0.1) is 11.6 Å². The van der Waals surface area contributed by atoms with Crippen LogP contribution in [0.1, 0.15) is 32.0 Å². The molecule has 0 saturated heterocycles. The molecule has 0 bridgehead atoms. The Morgan fingerprint density at radius 3 is 2.71 bits per heavy atom. The van der Waals surface area contributed by atoms with Gasteiger partial charge in [-0.05, 0) is 39.0 Å². The van der Waals surface area contributed by atoms with E-state index in [2.05, 4.69) is 10.3 Å². The Kier molecular flexibility index (Phi) is 4.49. The number of hydrogen-bond acceptors (Lipinski definition) is 2. The highest BCUT2D eigenvalue weighted by atomic mass is 35.5. The first-order valence-electron chi connectivity index (χ1n) is 6.78. The van der Waals surface area contributed by atoms with E-state index in [0.29, 0.717) is 11.6 Å². The Balaban J connectivity index is 2.57. The van der Waals surface area contributed by atoms with E-state index in [1.165, 1.54) is 0 Å². The van der Waals surface area contributed by atoms with Gasteiger partial charge in [0.15, 0.2) is 0 Å². The molecule has 2 rings (SSSR count). The number of nitrogens with one attached hydrogen (secondary N) is 1. The number of rotatable bonds is 4. The van der Waals surface area contributed by atoms with E-state index in [0.717, 1.165) is 16.9 Å². The van der Waals surface area contributed by atoms with Crippen LogP contribution in [0.3, 0.4) is 0 Å². The van der Waals surface area contributed by atoms with E-state index >= 15 is 0 Å². The summed E-state index contributed by atoms with van der Waals surface area (Å²) in [6.07, 6.45) is 0. The SMILES string of the molecule is CNC(=O)C(C)(C)Cn1c(C(C)Cl)nc2ccc(Cl)cc21. The van der Waals surface area contributed by atoms with E-state index in [4.69, 9.17) is 23.2 Å². The fourth-order valence-corrected chi connectivity index (χ4v) is 2.72. The lowest BCUT2D eigenvalue weighted by atomic mass is 9.92. The number of carbonyl (C=O) groups excluding carboxylic acids is 1. The normalized spacial score (nSPS) is 13.4. The monoisotopic (exact) mass is 327 g/mol. The maximum Gasteiger partial charge on any atom is 0.227 e. The molecule has 1 aromatic carbocycles. The molecule has 114 valence electrons. The average molecular weight is 328 g/mol. The summed E-state index contributed by atoms with van der Waals surface area (Å²) in [6.45, 7) is 6.14. The molecule has 21 heavy (non-hydrogen) atoms. The highest BCUT2D eigenvalue weighted by Crippen LogP contribution is 2.30. The highest BCUT2D eigenvalue weighted by molar-refractivity contribution is 6.31. The Bertz CT molecular complexity index is 677. The van der Waals surface area contributed by atoms with E-state index in [-0.39, 0.29) is 11.3 Å². The van der Waals surface area contributed by atoms with Gasteiger partial charge in [-0.25, -0.2) is 4.98 Å². The van der Waals surface area contributed by atoms with Crippen LogP contribution in [0.5, 0.6) is 0 Å². The van der Waals surface area contributed by atoms with Crippen LogP contribution >= 0.6 is 23.2 Å². The first-order valence-corrected chi connectivity index (χ1v) is 7.59. The lowest BCUT2D eigenvalue weighted by Gasteiger charge is -2.25. The van der Waals surface area contributed by atoms with Gasteiger partial charge in [-0.2, -0.15) is 0 Å². The fourth-order valence-electron chi connectivity index (χ4n) is 2.39. The number of carbonyl (C=O) groups is 1. The van der Waals surface area contributed by atoms with E-state index in [9.17, 15) is 4.79 Å². The zero-order valence-corrected chi connectivity index (χ0v) is 14.1. The molecule has 1 unspecified atom stereocenters. The van der Waals surface area contributed by atoms with Crippen molar-refractivity contribution in [2.45, 2.75) is 32.7 Å². The number of fused-ring (bicyclic) bond motifs is 1. The third-order valence-electron chi connectivity index (χ3n) is 3.49. The maximum absolute atomic E-state index is 12.0. The number of imidazole rings is 1. The summed E-state index contributed by atoms with van der Waals surface area (Å²) < 4.78 is 1.98. The van der Waals surface area contributed by atoms with Gasteiger partial charge in [0.05, 0.1) is 21.8 Å². The summed E-state index contributed by atoms with van der Waals surface area (Å²) >= 11 is 12.3. The van der Waals surface area contributed by atoms with Crippen molar-refractivity contribution in [3.63, 3.8) is 0 Å². The number of hydrogen-bond donors (Lipinski definition) is 1. The molecule has 0 radical (unpaired) electrons. The average Bonchev–Trinajstić information content (AvgIpc) is 2.75. The van der Waals surface area contributed by atoms with Gasteiger partial charge in [0.25, 0.3) is 0 Å². The van der Waals surface area contributed by atoms with Crippen molar-refractivity contribution >= 4 is 40.1 Å². The summed E-state index contributed by atoms with van der Waals surface area (Å²) in [5, 5.41) is 3.08. The largest absolute Gasteiger partial charge is 0.359 e. The van der Waals surface area contributed by atoms with Crippen LogP contribution in [0, 0.1) is 5.41 Å². The minimum absolute atomic E-state index is 0.0282. The molecule has 1 N–H and O–H groups in total. The number of aromatic nitrogens is 2. The molecule has 0 fully saturated rings. The Morgan fingerprint density at radius 2 is 2.14 bits per heavy atom. The number of benzene rings is 1. The van der Waals surface area contributed by atoms with Crippen LogP contribution in [-0.4, -0.2) is 22.5 Å². The lowest BCUT2D eigenvalue weighted by molar-refractivity contribution is -0.129. The zero-order valence-electron chi connectivity index (χ0n) is 12.6. The highest BCUT2D eigenvalue weighted by Gasteiger charge is 2.29. The second kappa shape index (κ2) is 5.85. The third kappa shape index (κ3) is 3.16. The third-order valence-corrected chi connectivity index (χ3v) is 3.92. The topological polar surface area (TPSA) is 46.9 Å². The molecule has 0 spiro atoms. The van der Waals surface area contributed by atoms with Gasteiger partial charge in [-0.3, -0.25) is 4.79 Å². The van der Waals surface area contributed by atoms with Crippen molar-refractivity contribution in [3.8, 4) is 0 Å². The van der Waals surface area contributed by atoms with Gasteiger partial charge >= 0.3 is 0 Å². The van der Waals surface area contributed by atoms with Crippen molar-refractivity contribution < 1.29 is 4.79 Å². The van der Waals surface area contributed by atoms with Gasteiger partial charge in [-0.1, -0.05) is 11.6 Å². The molecule has 0 aliphatic carbocycles. The van der Waals surface area contributed by atoms with E-state index in [1.54, 1.807) is 13.1 Å². The first-order chi connectivity index (χ1) is 9.76. The predicted octanol–water partition coefficient (Wildman–Crippen LogP) is 3.76. The van der Waals surface area contributed by atoms with Crippen molar-refractivity contribution in [2.75, 3.05) is 7.05 Å². The summed E-state index contributed by atoms with van der Waals surface area (Å²) in [7, 11) is 1.64. The van der Waals surface area contributed by atoms with Gasteiger partial charge in [0.2, 0.25) is 5.91 Å². The van der Waals surface area contributed by atoms with Crippen molar-refractivity contribution in [3.05, 3.63) is 29.0 Å². The van der Waals surface area contributed by atoms with Gasteiger partial charge in [0, 0.05) is 18.6 Å². The molecule has 4 nitrogen and oxygen atoms in total. The summed E-state index contributed by atoms with van der Waals surface area (Å²) in [5.41, 5.74) is 1.14. The predicted molar refractivity (Wildman–Crippen MR) is 86.9 cm³/mol. The van der Waals surface area contributed by atoms with Crippen LogP contribution in [0.15, 0.2) is 18.2 Å². The van der Waals surface area contributed by atoms with Crippen molar-refractivity contribution in [1.29, 1.82) is 0 Å². The fraction of sp³-hybridized carbons (Fsp3) is 0.467. The number of nitrogens with zero attached hydrogens (tertiary/aromatic N) is 2. The Labute approximate surface area is 134 Å². The quantitative estimate of drug-likeness (QED) is 0.869. The summed E-state index contributed by atoms with van der Waals surface area (Å²) in [5.74, 6) is 0.713. The molecule has 0 aliphatic heterocycles. The van der Waals surface area contributed by atoms with E-state index in [1.807, 2.05) is 37.5 Å². The smallest absolute Gasteiger partial charge is 0.227 e. The number of amides is 1. The molecule has 6 heteroatoms. The summed E-state index contributed by atoms with van der Waals surface area (Å²) in [4.78, 5) is 16.6.